The van der Waals surface area contributed by atoms with E-state index >= 15 is 0 Å². The van der Waals surface area contributed by atoms with Crippen molar-refractivity contribution in [2.24, 2.45) is 0 Å². The Balaban J connectivity index is 2.10. The molecule has 1 aromatic heterocycles. The molecule has 0 aliphatic rings. The van der Waals surface area contributed by atoms with Gasteiger partial charge in [0.2, 0.25) is 5.91 Å². The molecule has 1 aromatic carbocycles. The summed E-state index contributed by atoms with van der Waals surface area (Å²) in [4.78, 5) is 11.4. The highest BCUT2D eigenvalue weighted by molar-refractivity contribution is 5.83. The van der Waals surface area contributed by atoms with Gasteiger partial charge in [0, 0.05) is 11.9 Å². The number of fused-ring (bicyclic) bond motifs is 1. The highest BCUT2D eigenvalue weighted by atomic mass is 16.5. The average Bonchev–Trinajstić information content (AvgIpc) is 2.89. The molecule has 2 rings (SSSR count). The van der Waals surface area contributed by atoms with Crippen LogP contribution >= 0.6 is 0 Å². The van der Waals surface area contributed by atoms with Gasteiger partial charge in [-0.3, -0.25) is 10.1 Å². The minimum absolute atomic E-state index is 0.0203. The molecular formula is C15H20N2O3. The highest BCUT2D eigenvalue weighted by Gasteiger charge is 2.14. The molecule has 5 heteroatoms. The van der Waals surface area contributed by atoms with Gasteiger partial charge in [0.15, 0.2) is 11.3 Å². The van der Waals surface area contributed by atoms with Crippen molar-refractivity contribution in [1.82, 2.24) is 10.6 Å². The topological polar surface area (TPSA) is 63.5 Å². The fourth-order valence-corrected chi connectivity index (χ4v) is 2.04. The number of carbonyl (C=O) groups is 1. The van der Waals surface area contributed by atoms with E-state index in [1.807, 2.05) is 38.1 Å². The molecule has 0 saturated carbocycles. The van der Waals surface area contributed by atoms with Crippen LogP contribution in [0.3, 0.4) is 0 Å². The molecule has 0 aliphatic heterocycles. The lowest BCUT2D eigenvalue weighted by Gasteiger charge is -2.10. The smallest absolute Gasteiger partial charge is 0.233 e. The van der Waals surface area contributed by atoms with Crippen molar-refractivity contribution in [2.75, 3.05) is 20.2 Å². The van der Waals surface area contributed by atoms with Crippen LogP contribution < -0.4 is 15.4 Å². The van der Waals surface area contributed by atoms with Crippen molar-refractivity contribution in [3.8, 4) is 5.75 Å². The van der Waals surface area contributed by atoms with Gasteiger partial charge in [0.25, 0.3) is 0 Å². The molecule has 0 radical (unpaired) electrons. The summed E-state index contributed by atoms with van der Waals surface area (Å²) in [5.74, 6) is 1.48. The molecule has 2 N–H and O–H groups in total. The molecule has 0 fully saturated rings. The normalized spacial score (nSPS) is 12.3. The van der Waals surface area contributed by atoms with E-state index in [0.29, 0.717) is 12.3 Å². The SMILES string of the molecule is CCNC(=O)CNC(C)c1cc2cccc(OC)c2o1. The lowest BCUT2D eigenvalue weighted by Crippen LogP contribution is -2.34. The molecule has 1 amide bonds. The Bertz CT molecular complexity index is 592. The average molecular weight is 276 g/mol. The maximum Gasteiger partial charge on any atom is 0.233 e. The number of hydrogen-bond donors (Lipinski definition) is 2. The molecule has 2 aromatic rings. The third kappa shape index (κ3) is 3.11. The Hall–Kier alpha value is -2.01. The van der Waals surface area contributed by atoms with Gasteiger partial charge in [-0.15, -0.1) is 0 Å². The number of amides is 1. The second-order valence-corrected chi connectivity index (χ2v) is 4.58. The van der Waals surface area contributed by atoms with Crippen molar-refractivity contribution in [2.45, 2.75) is 19.9 Å². The zero-order valence-corrected chi connectivity index (χ0v) is 12.0. The van der Waals surface area contributed by atoms with Crippen LogP contribution in [-0.4, -0.2) is 26.1 Å². The number of furan rings is 1. The number of nitrogens with one attached hydrogen (secondary N) is 2. The highest BCUT2D eigenvalue weighted by Crippen LogP contribution is 2.30. The third-order valence-electron chi connectivity index (χ3n) is 3.12. The van der Waals surface area contributed by atoms with Crippen LogP contribution in [0.4, 0.5) is 0 Å². The van der Waals surface area contributed by atoms with E-state index in [0.717, 1.165) is 16.7 Å². The predicted octanol–water partition coefficient (Wildman–Crippen LogP) is 2.23. The minimum Gasteiger partial charge on any atom is -0.493 e. The summed E-state index contributed by atoms with van der Waals surface area (Å²) in [6.07, 6.45) is 0. The first-order valence-electron chi connectivity index (χ1n) is 6.72. The first kappa shape index (κ1) is 14.4. The van der Waals surface area contributed by atoms with Gasteiger partial charge in [-0.05, 0) is 26.0 Å². The fraction of sp³-hybridized carbons (Fsp3) is 0.400. The minimum atomic E-state index is -0.0466. The third-order valence-corrected chi connectivity index (χ3v) is 3.12. The van der Waals surface area contributed by atoms with Gasteiger partial charge in [0.1, 0.15) is 5.76 Å². The molecule has 1 heterocycles. The van der Waals surface area contributed by atoms with E-state index in [1.165, 1.54) is 0 Å². The lowest BCUT2D eigenvalue weighted by atomic mass is 10.2. The Morgan fingerprint density at radius 1 is 1.45 bits per heavy atom. The Morgan fingerprint density at radius 3 is 2.95 bits per heavy atom. The molecule has 0 bridgehead atoms. The zero-order valence-electron chi connectivity index (χ0n) is 12.0. The van der Waals surface area contributed by atoms with Crippen LogP contribution in [0.25, 0.3) is 11.0 Å². The first-order chi connectivity index (χ1) is 9.65. The molecule has 5 nitrogen and oxygen atoms in total. The van der Waals surface area contributed by atoms with Crippen LogP contribution in [0.2, 0.25) is 0 Å². The molecule has 0 spiro atoms. The van der Waals surface area contributed by atoms with Crippen LogP contribution in [0.15, 0.2) is 28.7 Å². The summed E-state index contributed by atoms with van der Waals surface area (Å²) in [6.45, 7) is 4.76. The number of rotatable bonds is 6. The number of para-hydroxylation sites is 1. The lowest BCUT2D eigenvalue weighted by molar-refractivity contribution is -0.120. The van der Waals surface area contributed by atoms with Crippen LogP contribution in [0.5, 0.6) is 5.75 Å². The van der Waals surface area contributed by atoms with E-state index in [2.05, 4.69) is 10.6 Å². The van der Waals surface area contributed by atoms with E-state index < -0.39 is 0 Å². The van der Waals surface area contributed by atoms with Gasteiger partial charge in [-0.25, -0.2) is 0 Å². The zero-order chi connectivity index (χ0) is 14.5. The van der Waals surface area contributed by atoms with E-state index in [-0.39, 0.29) is 18.5 Å². The van der Waals surface area contributed by atoms with E-state index in [9.17, 15) is 4.79 Å². The summed E-state index contributed by atoms with van der Waals surface area (Å²) >= 11 is 0. The number of carbonyl (C=O) groups excluding carboxylic acids is 1. The van der Waals surface area contributed by atoms with Crippen molar-refractivity contribution in [1.29, 1.82) is 0 Å². The molecule has 108 valence electrons. The molecule has 0 aliphatic carbocycles. The monoisotopic (exact) mass is 276 g/mol. The number of ether oxygens (including phenoxy) is 1. The fourth-order valence-electron chi connectivity index (χ4n) is 2.04. The van der Waals surface area contributed by atoms with Crippen LogP contribution in [-0.2, 0) is 4.79 Å². The maximum atomic E-state index is 11.4. The quantitative estimate of drug-likeness (QED) is 0.849. The van der Waals surface area contributed by atoms with Gasteiger partial charge in [0.05, 0.1) is 19.7 Å². The van der Waals surface area contributed by atoms with Crippen LogP contribution in [0, 0.1) is 0 Å². The van der Waals surface area contributed by atoms with Crippen molar-refractivity contribution in [3.63, 3.8) is 0 Å². The standard InChI is InChI=1S/C15H20N2O3/c1-4-16-14(18)9-17-10(2)13-8-11-6-5-7-12(19-3)15(11)20-13/h5-8,10,17H,4,9H2,1-3H3,(H,16,18). The molecular weight excluding hydrogens is 256 g/mol. The van der Waals surface area contributed by atoms with Crippen LogP contribution in [0.1, 0.15) is 25.6 Å². The Morgan fingerprint density at radius 2 is 2.25 bits per heavy atom. The number of hydrogen-bond acceptors (Lipinski definition) is 4. The van der Waals surface area contributed by atoms with Crippen molar-refractivity contribution >= 4 is 16.9 Å². The summed E-state index contributed by atoms with van der Waals surface area (Å²) in [7, 11) is 1.62. The second-order valence-electron chi connectivity index (χ2n) is 4.58. The molecule has 20 heavy (non-hydrogen) atoms. The Kier molecular flexibility index (Phi) is 4.63. The van der Waals surface area contributed by atoms with E-state index in [4.69, 9.17) is 9.15 Å². The van der Waals surface area contributed by atoms with E-state index in [1.54, 1.807) is 7.11 Å². The van der Waals surface area contributed by atoms with Gasteiger partial charge in [-0.1, -0.05) is 12.1 Å². The maximum absolute atomic E-state index is 11.4. The largest absolute Gasteiger partial charge is 0.493 e. The van der Waals surface area contributed by atoms with Crippen molar-refractivity contribution < 1.29 is 13.9 Å². The second kappa shape index (κ2) is 6.43. The summed E-state index contributed by atoms with van der Waals surface area (Å²) < 4.78 is 11.1. The number of methoxy groups -OCH3 is 1. The Labute approximate surface area is 118 Å². The summed E-state index contributed by atoms with van der Waals surface area (Å²) in [5, 5.41) is 6.87. The molecule has 1 unspecified atom stereocenters. The van der Waals surface area contributed by atoms with Crippen molar-refractivity contribution in [3.05, 3.63) is 30.0 Å². The summed E-state index contributed by atoms with van der Waals surface area (Å²) in [5.41, 5.74) is 0.733. The number of likely N-dealkylation sites (N-methyl/N-ethyl adjacent to an activating group) is 1. The summed E-state index contributed by atoms with van der Waals surface area (Å²) in [6, 6.07) is 7.68. The van der Waals surface area contributed by atoms with Gasteiger partial charge >= 0.3 is 0 Å². The molecule has 0 saturated heterocycles. The van der Waals surface area contributed by atoms with Gasteiger partial charge in [-0.2, -0.15) is 0 Å². The molecule has 1 atom stereocenters. The van der Waals surface area contributed by atoms with Gasteiger partial charge < -0.3 is 14.5 Å². The predicted molar refractivity (Wildman–Crippen MR) is 77.9 cm³/mol. The first-order valence-corrected chi connectivity index (χ1v) is 6.72. The number of benzene rings is 1.